The van der Waals surface area contributed by atoms with Crippen LogP contribution in [0.2, 0.25) is 5.02 Å². The van der Waals surface area contributed by atoms with Crippen LogP contribution < -0.4 is 0 Å². The summed E-state index contributed by atoms with van der Waals surface area (Å²) in [6, 6.07) is 11.4. The van der Waals surface area contributed by atoms with Crippen molar-refractivity contribution in [1.82, 2.24) is 14.1 Å². The number of carbonyl (C=O) groups is 1. The molecule has 0 aliphatic carbocycles. The molecule has 2 aromatic heterocycles. The van der Waals surface area contributed by atoms with E-state index in [-0.39, 0.29) is 5.56 Å². The fourth-order valence-corrected chi connectivity index (χ4v) is 3.89. The van der Waals surface area contributed by atoms with E-state index in [9.17, 15) is 9.90 Å². The van der Waals surface area contributed by atoms with Crippen molar-refractivity contribution >= 4 is 39.4 Å². The lowest BCUT2D eigenvalue weighted by molar-refractivity contribution is 0.0697. The standard InChI is InChI=1S/C21H17ClN4O2/c22-17-10-14(21(27)28)11-19-20(17)16-12-15(25-9-7-24-13-25)4-5-18(16)26(19)8-3-1-2-6-23/h4-5,7,9-13H,1-3,8H2,(H,27,28). The Morgan fingerprint density at radius 3 is 2.79 bits per heavy atom. The average molecular weight is 393 g/mol. The molecule has 0 saturated carbocycles. The van der Waals surface area contributed by atoms with Crippen molar-refractivity contribution in [3.63, 3.8) is 0 Å². The van der Waals surface area contributed by atoms with Gasteiger partial charge in [0, 0.05) is 47.3 Å². The van der Waals surface area contributed by atoms with Gasteiger partial charge in [-0.3, -0.25) is 0 Å². The van der Waals surface area contributed by atoms with Gasteiger partial charge in [-0.05, 0) is 43.2 Å². The zero-order valence-electron chi connectivity index (χ0n) is 15.0. The highest BCUT2D eigenvalue weighted by Gasteiger charge is 2.17. The molecular weight excluding hydrogens is 376 g/mol. The van der Waals surface area contributed by atoms with Crippen molar-refractivity contribution < 1.29 is 9.90 Å². The zero-order valence-corrected chi connectivity index (χ0v) is 15.7. The lowest BCUT2D eigenvalue weighted by Crippen LogP contribution is -2.00. The van der Waals surface area contributed by atoms with Gasteiger partial charge in [0.15, 0.2) is 0 Å². The summed E-state index contributed by atoms with van der Waals surface area (Å²) < 4.78 is 4.01. The number of carboxylic acid groups (broad SMARTS) is 1. The first-order chi connectivity index (χ1) is 13.6. The quantitative estimate of drug-likeness (QED) is 0.466. The van der Waals surface area contributed by atoms with E-state index in [4.69, 9.17) is 16.9 Å². The Hall–Kier alpha value is -3.30. The number of benzene rings is 2. The molecule has 0 saturated heterocycles. The zero-order chi connectivity index (χ0) is 19.7. The van der Waals surface area contributed by atoms with E-state index in [1.54, 1.807) is 18.6 Å². The molecule has 0 amide bonds. The molecule has 2 heterocycles. The van der Waals surface area contributed by atoms with E-state index >= 15 is 0 Å². The van der Waals surface area contributed by atoms with Crippen molar-refractivity contribution in [2.75, 3.05) is 0 Å². The molecule has 140 valence electrons. The molecule has 0 bridgehead atoms. The molecule has 1 N–H and O–H groups in total. The number of hydrogen-bond donors (Lipinski definition) is 1. The number of carboxylic acids is 1. The third-order valence-electron chi connectivity index (χ3n) is 4.87. The predicted molar refractivity (Wildman–Crippen MR) is 108 cm³/mol. The number of imidazole rings is 1. The average Bonchev–Trinajstić information content (AvgIpc) is 3.31. The van der Waals surface area contributed by atoms with Gasteiger partial charge >= 0.3 is 5.97 Å². The topological polar surface area (TPSA) is 83.8 Å². The second-order valence-corrected chi connectivity index (χ2v) is 7.00. The first-order valence-corrected chi connectivity index (χ1v) is 9.32. The van der Waals surface area contributed by atoms with Gasteiger partial charge in [0.1, 0.15) is 0 Å². The molecule has 4 aromatic rings. The van der Waals surface area contributed by atoms with Gasteiger partial charge in [0.25, 0.3) is 0 Å². The molecule has 2 aromatic carbocycles. The summed E-state index contributed by atoms with van der Waals surface area (Å²) in [4.78, 5) is 15.6. The highest BCUT2D eigenvalue weighted by molar-refractivity contribution is 6.38. The van der Waals surface area contributed by atoms with E-state index in [1.807, 2.05) is 29.0 Å². The van der Waals surface area contributed by atoms with Crippen LogP contribution in [0, 0.1) is 11.3 Å². The fraction of sp³-hybridized carbons (Fsp3) is 0.190. The minimum atomic E-state index is -1.01. The van der Waals surface area contributed by atoms with Crippen LogP contribution >= 0.6 is 11.6 Å². The summed E-state index contributed by atoms with van der Waals surface area (Å²) in [6.07, 6.45) is 7.43. The van der Waals surface area contributed by atoms with Gasteiger partial charge in [-0.15, -0.1) is 0 Å². The molecule has 0 spiro atoms. The van der Waals surface area contributed by atoms with Crippen molar-refractivity contribution in [2.24, 2.45) is 0 Å². The largest absolute Gasteiger partial charge is 0.478 e. The SMILES string of the molecule is N#CCCCCn1c2ccc(-n3ccnc3)cc2c2c(Cl)cc(C(=O)O)cc21. The minimum absolute atomic E-state index is 0.161. The Morgan fingerprint density at radius 1 is 1.21 bits per heavy atom. The van der Waals surface area contributed by atoms with Gasteiger partial charge in [-0.25, -0.2) is 9.78 Å². The monoisotopic (exact) mass is 392 g/mol. The molecule has 28 heavy (non-hydrogen) atoms. The Balaban J connectivity index is 1.94. The number of nitriles is 1. The van der Waals surface area contributed by atoms with Crippen LogP contribution in [0.1, 0.15) is 29.6 Å². The number of rotatable bonds is 6. The van der Waals surface area contributed by atoms with Crippen LogP contribution in [0.15, 0.2) is 49.1 Å². The molecule has 0 aliphatic rings. The molecule has 6 nitrogen and oxygen atoms in total. The molecule has 0 fully saturated rings. The summed E-state index contributed by atoms with van der Waals surface area (Å²) >= 11 is 6.52. The first kappa shape index (κ1) is 18.1. The summed E-state index contributed by atoms with van der Waals surface area (Å²) in [5.41, 5.74) is 2.89. The van der Waals surface area contributed by atoms with Crippen molar-refractivity contribution in [2.45, 2.75) is 25.8 Å². The van der Waals surface area contributed by atoms with Crippen LogP contribution in [0.25, 0.3) is 27.5 Å². The van der Waals surface area contributed by atoms with Crippen molar-refractivity contribution in [3.8, 4) is 11.8 Å². The van der Waals surface area contributed by atoms with E-state index in [0.717, 1.165) is 40.3 Å². The van der Waals surface area contributed by atoms with Crippen LogP contribution in [-0.4, -0.2) is 25.2 Å². The van der Waals surface area contributed by atoms with Gasteiger partial charge < -0.3 is 14.2 Å². The van der Waals surface area contributed by atoms with Gasteiger partial charge in [0.05, 0.1) is 28.5 Å². The maximum absolute atomic E-state index is 11.5. The van der Waals surface area contributed by atoms with Crippen LogP contribution in [0.4, 0.5) is 0 Å². The second kappa shape index (κ2) is 7.37. The highest BCUT2D eigenvalue weighted by atomic mass is 35.5. The summed E-state index contributed by atoms with van der Waals surface area (Å²) in [7, 11) is 0. The number of halogens is 1. The molecule has 0 aliphatic heterocycles. The van der Waals surface area contributed by atoms with Crippen LogP contribution in [0.3, 0.4) is 0 Å². The lowest BCUT2D eigenvalue weighted by atomic mass is 10.1. The van der Waals surface area contributed by atoms with Crippen LogP contribution in [-0.2, 0) is 6.54 Å². The second-order valence-electron chi connectivity index (χ2n) is 6.60. The van der Waals surface area contributed by atoms with E-state index in [2.05, 4.69) is 15.6 Å². The molecule has 0 atom stereocenters. The van der Waals surface area contributed by atoms with Gasteiger partial charge in [-0.1, -0.05) is 11.6 Å². The fourth-order valence-electron chi connectivity index (χ4n) is 3.57. The number of aromatic carboxylic acids is 1. The van der Waals surface area contributed by atoms with Crippen molar-refractivity contribution in [3.05, 3.63) is 59.6 Å². The minimum Gasteiger partial charge on any atom is -0.478 e. The maximum atomic E-state index is 11.5. The third-order valence-corrected chi connectivity index (χ3v) is 5.17. The van der Waals surface area contributed by atoms with Gasteiger partial charge in [0.2, 0.25) is 0 Å². The third kappa shape index (κ3) is 3.10. The van der Waals surface area contributed by atoms with E-state index < -0.39 is 5.97 Å². The maximum Gasteiger partial charge on any atom is 0.335 e. The molecule has 0 radical (unpaired) electrons. The predicted octanol–water partition coefficient (Wildman–Crippen LogP) is 5.03. The van der Waals surface area contributed by atoms with E-state index in [0.29, 0.717) is 18.0 Å². The molecule has 4 rings (SSSR count). The number of aryl methyl sites for hydroxylation is 1. The Kier molecular flexibility index (Phi) is 4.76. The Morgan fingerprint density at radius 2 is 2.07 bits per heavy atom. The number of unbranched alkanes of at least 4 members (excludes halogenated alkanes) is 2. The normalized spacial score (nSPS) is 11.1. The molecule has 7 heteroatoms. The number of fused-ring (bicyclic) bond motifs is 3. The molecule has 0 unspecified atom stereocenters. The summed E-state index contributed by atoms with van der Waals surface area (Å²) in [5, 5.41) is 20.4. The number of hydrogen-bond acceptors (Lipinski definition) is 3. The molecular formula is C21H17ClN4O2. The Labute approximate surface area is 166 Å². The smallest absolute Gasteiger partial charge is 0.335 e. The van der Waals surface area contributed by atoms with Gasteiger partial charge in [-0.2, -0.15) is 5.26 Å². The highest BCUT2D eigenvalue weighted by Crippen LogP contribution is 2.36. The van der Waals surface area contributed by atoms with Crippen LogP contribution in [0.5, 0.6) is 0 Å². The Bertz CT molecular complexity index is 1220. The van der Waals surface area contributed by atoms with E-state index in [1.165, 1.54) is 6.07 Å². The number of nitrogens with zero attached hydrogens (tertiary/aromatic N) is 4. The summed E-state index contributed by atoms with van der Waals surface area (Å²) in [5.74, 6) is -1.01. The number of aromatic nitrogens is 3. The first-order valence-electron chi connectivity index (χ1n) is 8.94. The van der Waals surface area contributed by atoms with Crippen molar-refractivity contribution in [1.29, 1.82) is 5.26 Å². The lowest BCUT2D eigenvalue weighted by Gasteiger charge is -2.08. The summed E-state index contributed by atoms with van der Waals surface area (Å²) in [6.45, 7) is 0.686.